The van der Waals surface area contributed by atoms with Gasteiger partial charge in [0, 0.05) is 33.8 Å². The van der Waals surface area contributed by atoms with Crippen LogP contribution in [0.3, 0.4) is 0 Å². The van der Waals surface area contributed by atoms with Crippen LogP contribution >= 0.6 is 12.4 Å². The van der Waals surface area contributed by atoms with E-state index in [-0.39, 0.29) is 12.4 Å². The van der Waals surface area contributed by atoms with Crippen molar-refractivity contribution in [3.63, 3.8) is 0 Å². The molecule has 0 bridgehead atoms. The average Bonchev–Trinajstić information content (AvgIpc) is 2.37. The van der Waals surface area contributed by atoms with Crippen LogP contribution in [0, 0.1) is 5.92 Å². The summed E-state index contributed by atoms with van der Waals surface area (Å²) in [5.74, 6) is 0.589. The molecule has 1 fully saturated rings. The lowest BCUT2D eigenvalue weighted by molar-refractivity contribution is 0.180. The molecule has 1 aliphatic rings. The standard InChI is InChI=1S/C11H25N3O3S.ClH/c1-12-10-11-4-6-14(7-5-11)18(15,16)13(2)8-9-17-3;/h11-12H,4-10H2,1-3H3;1H. The predicted octanol–water partition coefficient (Wildman–Crippen LogP) is 0.163. The molecule has 6 nitrogen and oxygen atoms in total. The lowest BCUT2D eigenvalue weighted by atomic mass is 9.98. The highest BCUT2D eigenvalue weighted by Crippen LogP contribution is 2.20. The SMILES string of the molecule is CNCC1CCN(S(=O)(=O)N(C)CCOC)CC1.Cl. The number of likely N-dealkylation sites (N-methyl/N-ethyl adjacent to an activating group) is 1. The smallest absolute Gasteiger partial charge is 0.281 e. The van der Waals surface area contributed by atoms with Crippen LogP contribution in [-0.2, 0) is 14.9 Å². The number of ether oxygens (including phenoxy) is 1. The Morgan fingerprint density at radius 1 is 1.37 bits per heavy atom. The van der Waals surface area contributed by atoms with E-state index in [1.807, 2.05) is 7.05 Å². The average molecular weight is 316 g/mol. The van der Waals surface area contributed by atoms with Gasteiger partial charge < -0.3 is 10.1 Å². The Labute approximate surface area is 123 Å². The number of rotatable bonds is 7. The van der Waals surface area contributed by atoms with Crippen molar-refractivity contribution in [2.45, 2.75) is 12.8 Å². The van der Waals surface area contributed by atoms with Gasteiger partial charge in [0.1, 0.15) is 0 Å². The van der Waals surface area contributed by atoms with Gasteiger partial charge in [-0.1, -0.05) is 0 Å². The summed E-state index contributed by atoms with van der Waals surface area (Å²) in [6.45, 7) is 3.02. The maximum absolute atomic E-state index is 12.2. The zero-order valence-electron chi connectivity index (χ0n) is 12.0. The van der Waals surface area contributed by atoms with Crippen molar-refractivity contribution in [2.24, 2.45) is 5.92 Å². The summed E-state index contributed by atoms with van der Waals surface area (Å²) in [4.78, 5) is 0. The van der Waals surface area contributed by atoms with E-state index in [1.165, 1.54) is 4.31 Å². The molecule has 19 heavy (non-hydrogen) atoms. The van der Waals surface area contributed by atoms with Gasteiger partial charge in [0.2, 0.25) is 0 Å². The van der Waals surface area contributed by atoms with E-state index in [4.69, 9.17) is 4.74 Å². The number of nitrogens with zero attached hydrogens (tertiary/aromatic N) is 2. The van der Waals surface area contributed by atoms with Gasteiger partial charge in [-0.2, -0.15) is 17.0 Å². The molecule has 116 valence electrons. The van der Waals surface area contributed by atoms with Crippen molar-refractivity contribution in [1.29, 1.82) is 0 Å². The van der Waals surface area contributed by atoms with Gasteiger partial charge >= 0.3 is 0 Å². The Morgan fingerprint density at radius 2 is 1.95 bits per heavy atom. The van der Waals surface area contributed by atoms with Crippen LogP contribution in [0.5, 0.6) is 0 Å². The van der Waals surface area contributed by atoms with Crippen LogP contribution in [0.4, 0.5) is 0 Å². The topological polar surface area (TPSA) is 61.9 Å². The van der Waals surface area contributed by atoms with Crippen molar-refractivity contribution in [1.82, 2.24) is 13.9 Å². The molecule has 1 heterocycles. The largest absolute Gasteiger partial charge is 0.383 e. The zero-order valence-corrected chi connectivity index (χ0v) is 13.6. The molecule has 1 rings (SSSR count). The van der Waals surface area contributed by atoms with Gasteiger partial charge in [-0.25, -0.2) is 0 Å². The Morgan fingerprint density at radius 3 is 2.42 bits per heavy atom. The molecular formula is C11H26ClN3O3S. The van der Waals surface area contributed by atoms with Crippen LogP contribution < -0.4 is 5.32 Å². The van der Waals surface area contributed by atoms with Crippen molar-refractivity contribution >= 4 is 22.6 Å². The molecule has 0 atom stereocenters. The van der Waals surface area contributed by atoms with Crippen LogP contribution in [0.1, 0.15) is 12.8 Å². The van der Waals surface area contributed by atoms with Gasteiger partial charge in [-0.05, 0) is 32.4 Å². The molecular weight excluding hydrogens is 290 g/mol. The molecule has 0 spiro atoms. The maximum Gasteiger partial charge on any atom is 0.281 e. The monoisotopic (exact) mass is 315 g/mol. The van der Waals surface area contributed by atoms with Gasteiger partial charge in [0.25, 0.3) is 10.2 Å². The lowest BCUT2D eigenvalue weighted by Gasteiger charge is -2.33. The minimum absolute atomic E-state index is 0. The van der Waals surface area contributed by atoms with Gasteiger partial charge in [0.05, 0.1) is 6.61 Å². The summed E-state index contributed by atoms with van der Waals surface area (Å²) >= 11 is 0. The molecule has 0 radical (unpaired) electrons. The Hall–Kier alpha value is 0.0800. The van der Waals surface area contributed by atoms with Gasteiger partial charge in [-0.15, -0.1) is 12.4 Å². The molecule has 0 aromatic rings. The number of halogens is 1. The van der Waals surface area contributed by atoms with E-state index in [2.05, 4.69) is 5.32 Å². The Balaban J connectivity index is 0.00000324. The number of hydrogen-bond donors (Lipinski definition) is 1. The summed E-state index contributed by atoms with van der Waals surface area (Å²) < 4.78 is 32.3. The molecule has 0 aromatic heterocycles. The van der Waals surface area contributed by atoms with E-state index in [0.29, 0.717) is 32.2 Å². The highest BCUT2D eigenvalue weighted by atomic mass is 35.5. The summed E-state index contributed by atoms with van der Waals surface area (Å²) in [7, 11) is 1.80. The molecule has 0 aromatic carbocycles. The summed E-state index contributed by atoms with van der Waals surface area (Å²) in [6, 6.07) is 0. The lowest BCUT2D eigenvalue weighted by Crippen LogP contribution is -2.47. The molecule has 0 unspecified atom stereocenters. The molecule has 0 amide bonds. The molecule has 1 N–H and O–H groups in total. The second-order valence-electron chi connectivity index (χ2n) is 4.72. The predicted molar refractivity (Wildman–Crippen MR) is 78.9 cm³/mol. The molecule has 1 aliphatic heterocycles. The first kappa shape index (κ1) is 19.1. The molecule has 0 saturated carbocycles. The van der Waals surface area contributed by atoms with Gasteiger partial charge in [-0.3, -0.25) is 0 Å². The number of methoxy groups -OCH3 is 1. The van der Waals surface area contributed by atoms with Crippen molar-refractivity contribution < 1.29 is 13.2 Å². The van der Waals surface area contributed by atoms with E-state index >= 15 is 0 Å². The molecule has 0 aliphatic carbocycles. The second-order valence-corrected chi connectivity index (χ2v) is 6.76. The molecule has 1 saturated heterocycles. The second kappa shape index (κ2) is 9.10. The van der Waals surface area contributed by atoms with E-state index in [0.717, 1.165) is 19.4 Å². The van der Waals surface area contributed by atoms with Crippen LogP contribution in [0.2, 0.25) is 0 Å². The molecule has 8 heteroatoms. The third kappa shape index (κ3) is 5.53. The van der Waals surface area contributed by atoms with Crippen molar-refractivity contribution in [3.8, 4) is 0 Å². The highest BCUT2D eigenvalue weighted by molar-refractivity contribution is 7.86. The minimum atomic E-state index is -3.31. The van der Waals surface area contributed by atoms with Crippen LogP contribution in [0.25, 0.3) is 0 Å². The minimum Gasteiger partial charge on any atom is -0.383 e. The Bertz CT molecular complexity index is 332. The first-order valence-corrected chi connectivity index (χ1v) is 7.77. The Kier molecular flexibility index (Phi) is 9.13. The van der Waals surface area contributed by atoms with E-state index < -0.39 is 10.2 Å². The van der Waals surface area contributed by atoms with Crippen LogP contribution in [0.15, 0.2) is 0 Å². The first-order chi connectivity index (χ1) is 8.52. The third-order valence-corrected chi connectivity index (χ3v) is 5.38. The number of nitrogens with one attached hydrogen (secondary N) is 1. The number of hydrogen-bond acceptors (Lipinski definition) is 4. The highest BCUT2D eigenvalue weighted by Gasteiger charge is 2.30. The van der Waals surface area contributed by atoms with Crippen molar-refractivity contribution in [3.05, 3.63) is 0 Å². The van der Waals surface area contributed by atoms with E-state index in [9.17, 15) is 8.42 Å². The maximum atomic E-state index is 12.2. The summed E-state index contributed by atoms with van der Waals surface area (Å²) in [6.07, 6.45) is 1.86. The fourth-order valence-corrected chi connectivity index (χ4v) is 3.54. The zero-order chi connectivity index (χ0) is 13.6. The third-order valence-electron chi connectivity index (χ3n) is 3.40. The normalized spacial score (nSPS) is 18.5. The quantitative estimate of drug-likeness (QED) is 0.727. The van der Waals surface area contributed by atoms with Crippen molar-refractivity contribution in [2.75, 3.05) is 54.0 Å². The summed E-state index contributed by atoms with van der Waals surface area (Å²) in [5, 5.41) is 3.15. The van der Waals surface area contributed by atoms with E-state index in [1.54, 1.807) is 18.5 Å². The fourth-order valence-electron chi connectivity index (χ4n) is 2.17. The fraction of sp³-hybridized carbons (Fsp3) is 1.00. The number of piperidine rings is 1. The summed E-state index contributed by atoms with van der Waals surface area (Å²) in [5.41, 5.74) is 0. The first-order valence-electron chi connectivity index (χ1n) is 6.37. The van der Waals surface area contributed by atoms with Crippen LogP contribution in [-0.4, -0.2) is 71.0 Å². The van der Waals surface area contributed by atoms with Gasteiger partial charge in [0.15, 0.2) is 0 Å².